The lowest BCUT2D eigenvalue weighted by Crippen LogP contribution is -2.35. The Balaban J connectivity index is 2.12. The minimum absolute atomic E-state index is 0.0745. The monoisotopic (exact) mass is 339 g/mol. The van der Waals surface area contributed by atoms with Gasteiger partial charge in [-0.1, -0.05) is 12.1 Å². The van der Waals surface area contributed by atoms with Crippen LogP contribution in [0.5, 0.6) is 0 Å². The minimum Gasteiger partial charge on any atom is -0.384 e. The number of nitrogens with one attached hydrogen (secondary N) is 2. The number of carbonyl (C=O) groups is 1. The van der Waals surface area contributed by atoms with Crippen LogP contribution in [0, 0.1) is 5.41 Å². The molecular formula is C17H20F3N3O. The average molecular weight is 339 g/mol. The summed E-state index contributed by atoms with van der Waals surface area (Å²) in [5.74, 6) is -0.0745. The van der Waals surface area contributed by atoms with Crippen LogP contribution in [-0.2, 0) is 0 Å². The Morgan fingerprint density at radius 1 is 1.12 bits per heavy atom. The summed E-state index contributed by atoms with van der Waals surface area (Å²) in [6.45, 7) is 1.46. The van der Waals surface area contributed by atoms with Crippen molar-refractivity contribution in [2.24, 2.45) is 0 Å². The molecule has 1 heterocycles. The van der Waals surface area contributed by atoms with E-state index in [0.29, 0.717) is 11.1 Å². The van der Waals surface area contributed by atoms with Crippen LogP contribution < -0.4 is 5.32 Å². The van der Waals surface area contributed by atoms with Gasteiger partial charge in [-0.25, -0.2) is 0 Å². The number of nitrogens with zero attached hydrogens (tertiary/aromatic N) is 1. The lowest BCUT2D eigenvalue weighted by molar-refractivity contribution is -0.0958. The molecule has 1 saturated heterocycles. The Morgan fingerprint density at radius 3 is 2.17 bits per heavy atom. The molecule has 1 fully saturated rings. The Bertz CT molecular complexity index is 629. The van der Waals surface area contributed by atoms with Crippen molar-refractivity contribution in [3.05, 3.63) is 47.2 Å². The van der Waals surface area contributed by atoms with Crippen LogP contribution in [0.2, 0.25) is 0 Å². The van der Waals surface area contributed by atoms with Gasteiger partial charge in [0.05, 0.1) is 5.71 Å². The molecule has 1 amide bonds. The maximum Gasteiger partial charge on any atom is 0.430 e. The second-order valence-corrected chi connectivity index (χ2v) is 5.65. The average Bonchev–Trinajstić information content (AvgIpc) is 2.58. The zero-order valence-electron chi connectivity index (χ0n) is 13.4. The smallest absolute Gasteiger partial charge is 0.384 e. The molecule has 1 aromatic rings. The van der Waals surface area contributed by atoms with Gasteiger partial charge in [0.15, 0.2) is 0 Å². The van der Waals surface area contributed by atoms with Gasteiger partial charge in [-0.3, -0.25) is 4.79 Å². The van der Waals surface area contributed by atoms with E-state index in [1.54, 1.807) is 17.0 Å². The molecule has 0 saturated carbocycles. The van der Waals surface area contributed by atoms with Crippen molar-refractivity contribution in [1.29, 1.82) is 5.41 Å². The van der Waals surface area contributed by atoms with Gasteiger partial charge < -0.3 is 15.6 Å². The van der Waals surface area contributed by atoms with E-state index in [4.69, 9.17) is 5.41 Å². The molecule has 0 atom stereocenters. The number of allylic oxidation sites excluding steroid dienone is 2. The van der Waals surface area contributed by atoms with Gasteiger partial charge in [0.2, 0.25) is 0 Å². The molecule has 0 spiro atoms. The molecule has 0 unspecified atom stereocenters. The number of hydrogen-bond acceptors (Lipinski definition) is 3. The Kier molecular flexibility index (Phi) is 5.64. The summed E-state index contributed by atoms with van der Waals surface area (Å²) in [5, 5.41) is 9.86. The van der Waals surface area contributed by atoms with Crippen molar-refractivity contribution in [3.8, 4) is 0 Å². The van der Waals surface area contributed by atoms with Crippen molar-refractivity contribution in [1.82, 2.24) is 10.2 Å². The number of alkyl halides is 3. The molecule has 1 aliphatic rings. The van der Waals surface area contributed by atoms with Gasteiger partial charge in [0.1, 0.15) is 5.70 Å². The number of piperidine rings is 1. The molecular weight excluding hydrogens is 319 g/mol. The predicted octanol–water partition coefficient (Wildman–Crippen LogP) is 3.35. The van der Waals surface area contributed by atoms with Crippen LogP contribution in [0.25, 0.3) is 0 Å². The fourth-order valence-electron chi connectivity index (χ4n) is 2.60. The number of likely N-dealkylation sites (tertiary alicyclic amines) is 1. The van der Waals surface area contributed by atoms with Crippen molar-refractivity contribution < 1.29 is 18.0 Å². The van der Waals surface area contributed by atoms with Gasteiger partial charge in [0.25, 0.3) is 5.91 Å². The fourth-order valence-corrected chi connectivity index (χ4v) is 2.60. The van der Waals surface area contributed by atoms with Crippen LogP contribution >= 0.6 is 0 Å². The highest BCUT2D eigenvalue weighted by Gasteiger charge is 2.33. The molecule has 1 aromatic carbocycles. The first-order chi connectivity index (χ1) is 11.3. The second kappa shape index (κ2) is 7.51. The Hall–Kier alpha value is -2.31. The van der Waals surface area contributed by atoms with Crippen molar-refractivity contribution in [2.75, 3.05) is 20.1 Å². The summed E-state index contributed by atoms with van der Waals surface area (Å²) in [4.78, 5) is 14.1. The number of benzene rings is 1. The molecule has 2 N–H and O–H groups in total. The Morgan fingerprint density at radius 2 is 1.67 bits per heavy atom. The van der Waals surface area contributed by atoms with Gasteiger partial charge in [-0.15, -0.1) is 0 Å². The van der Waals surface area contributed by atoms with Crippen LogP contribution in [0.3, 0.4) is 0 Å². The zero-order valence-corrected chi connectivity index (χ0v) is 13.4. The number of amides is 1. The number of halogens is 3. The maximum atomic E-state index is 12.7. The SMILES string of the molecule is CN/C(=C\C(=N)c1ccc(C(=O)N2CCCCC2)cc1)C(F)(F)F. The summed E-state index contributed by atoms with van der Waals surface area (Å²) in [6.07, 6.45) is -0.696. The highest BCUT2D eigenvalue weighted by Crippen LogP contribution is 2.23. The molecule has 24 heavy (non-hydrogen) atoms. The lowest BCUT2D eigenvalue weighted by Gasteiger charge is -2.26. The molecule has 4 nitrogen and oxygen atoms in total. The van der Waals surface area contributed by atoms with Gasteiger partial charge in [-0.2, -0.15) is 13.2 Å². The second-order valence-electron chi connectivity index (χ2n) is 5.65. The van der Waals surface area contributed by atoms with Gasteiger partial charge >= 0.3 is 6.18 Å². The highest BCUT2D eigenvalue weighted by molar-refractivity contribution is 6.07. The third kappa shape index (κ3) is 4.37. The molecule has 2 rings (SSSR count). The summed E-state index contributed by atoms with van der Waals surface area (Å²) in [6, 6.07) is 6.11. The topological polar surface area (TPSA) is 56.2 Å². The Labute approximate surface area is 138 Å². The van der Waals surface area contributed by atoms with Crippen molar-refractivity contribution in [2.45, 2.75) is 25.4 Å². The summed E-state index contributed by atoms with van der Waals surface area (Å²) in [7, 11) is 1.16. The molecule has 0 radical (unpaired) electrons. The van der Waals surface area contributed by atoms with E-state index in [9.17, 15) is 18.0 Å². The summed E-state index contributed by atoms with van der Waals surface area (Å²) in [5.41, 5.74) is -0.445. The van der Waals surface area contributed by atoms with Gasteiger partial charge in [0, 0.05) is 25.7 Å². The number of carbonyl (C=O) groups excluding carboxylic acids is 1. The number of hydrogen-bond donors (Lipinski definition) is 2. The first kappa shape index (κ1) is 18.0. The predicted molar refractivity (Wildman–Crippen MR) is 86.2 cm³/mol. The molecule has 0 aliphatic carbocycles. The van der Waals surface area contributed by atoms with Crippen LogP contribution in [0.4, 0.5) is 13.2 Å². The van der Waals surface area contributed by atoms with E-state index < -0.39 is 11.9 Å². The van der Waals surface area contributed by atoms with Crippen molar-refractivity contribution >= 4 is 11.6 Å². The maximum absolute atomic E-state index is 12.7. The third-order valence-corrected chi connectivity index (χ3v) is 3.95. The zero-order chi connectivity index (χ0) is 17.7. The van der Waals surface area contributed by atoms with E-state index in [0.717, 1.165) is 45.5 Å². The van der Waals surface area contributed by atoms with E-state index in [2.05, 4.69) is 0 Å². The first-order valence-corrected chi connectivity index (χ1v) is 7.78. The van der Waals surface area contributed by atoms with Crippen LogP contribution in [0.15, 0.2) is 36.0 Å². The summed E-state index contributed by atoms with van der Waals surface area (Å²) >= 11 is 0. The normalized spacial score (nSPS) is 16.0. The van der Waals surface area contributed by atoms with E-state index in [1.807, 2.05) is 5.32 Å². The van der Waals surface area contributed by atoms with Crippen LogP contribution in [0.1, 0.15) is 35.2 Å². The van der Waals surface area contributed by atoms with Gasteiger partial charge in [-0.05, 0) is 43.0 Å². The van der Waals surface area contributed by atoms with E-state index in [1.165, 1.54) is 12.1 Å². The highest BCUT2D eigenvalue weighted by atomic mass is 19.4. The largest absolute Gasteiger partial charge is 0.430 e. The van der Waals surface area contributed by atoms with Crippen molar-refractivity contribution in [3.63, 3.8) is 0 Å². The quantitative estimate of drug-likeness (QED) is 0.827. The minimum atomic E-state index is -4.54. The number of rotatable bonds is 4. The fraction of sp³-hybridized carbons (Fsp3) is 0.412. The molecule has 1 aliphatic heterocycles. The van der Waals surface area contributed by atoms with E-state index >= 15 is 0 Å². The molecule has 7 heteroatoms. The van der Waals surface area contributed by atoms with E-state index in [-0.39, 0.29) is 11.6 Å². The first-order valence-electron chi connectivity index (χ1n) is 7.78. The molecule has 0 bridgehead atoms. The van der Waals surface area contributed by atoms with Crippen LogP contribution in [-0.4, -0.2) is 42.8 Å². The third-order valence-electron chi connectivity index (χ3n) is 3.95. The molecule has 130 valence electrons. The standard InChI is InChI=1S/C17H20F3N3O/c1-22-15(17(18,19)20)11-14(21)12-5-7-13(8-6-12)16(24)23-9-3-2-4-10-23/h5-8,11,21-22H,2-4,9-10H2,1H3/b15-11-,21-14?. The summed E-state index contributed by atoms with van der Waals surface area (Å²) < 4.78 is 38.1. The lowest BCUT2D eigenvalue weighted by atomic mass is 10.0. The molecule has 0 aromatic heterocycles.